The van der Waals surface area contributed by atoms with Gasteiger partial charge < -0.3 is 0 Å². The van der Waals surface area contributed by atoms with Crippen LogP contribution in [0.1, 0.15) is 16.5 Å². The van der Waals surface area contributed by atoms with Crippen molar-refractivity contribution in [1.29, 1.82) is 0 Å². The number of hydrogen-bond acceptors (Lipinski definition) is 1. The van der Waals surface area contributed by atoms with Gasteiger partial charge in [-0.3, -0.25) is 4.98 Å². The Labute approximate surface area is 77.0 Å². The molecule has 0 saturated heterocycles. The average molecular weight is 269 g/mol. The van der Waals surface area contributed by atoms with Gasteiger partial charge in [-0.2, -0.15) is 0 Å². The summed E-state index contributed by atoms with van der Waals surface area (Å²) in [5.41, 5.74) is 0.298. The van der Waals surface area contributed by atoms with Crippen LogP contribution in [0.5, 0.6) is 0 Å². The van der Waals surface area contributed by atoms with Gasteiger partial charge in [0.2, 0.25) is 0 Å². The van der Waals surface area contributed by atoms with Crippen molar-refractivity contribution >= 4 is 22.6 Å². The van der Waals surface area contributed by atoms with Gasteiger partial charge in [0.1, 0.15) is 11.6 Å². The van der Waals surface area contributed by atoms with Crippen molar-refractivity contribution in [3.63, 3.8) is 0 Å². The predicted molar refractivity (Wildman–Crippen MR) is 46.6 cm³/mol. The zero-order chi connectivity index (χ0) is 8.43. The normalized spacial score (nSPS) is 13.1. The quantitative estimate of drug-likeness (QED) is 0.564. The molecule has 0 spiro atoms. The van der Waals surface area contributed by atoms with Crippen molar-refractivity contribution in [3.8, 4) is 0 Å². The predicted octanol–water partition coefficient (Wildman–Crippen LogP) is 2.86. The third kappa shape index (κ3) is 2.08. The van der Waals surface area contributed by atoms with Crippen LogP contribution in [-0.4, -0.2) is 4.98 Å². The second kappa shape index (κ2) is 3.42. The van der Waals surface area contributed by atoms with Crippen LogP contribution in [0.3, 0.4) is 0 Å². The molecule has 0 amide bonds. The lowest BCUT2D eigenvalue weighted by Crippen LogP contribution is -1.95. The summed E-state index contributed by atoms with van der Waals surface area (Å²) in [6.45, 7) is 1.80. The van der Waals surface area contributed by atoms with E-state index in [9.17, 15) is 8.78 Å². The lowest BCUT2D eigenvalue weighted by Gasteiger charge is -2.02. The van der Waals surface area contributed by atoms with Gasteiger partial charge in [0.15, 0.2) is 0 Å². The highest BCUT2D eigenvalue weighted by atomic mass is 127. The van der Waals surface area contributed by atoms with Gasteiger partial charge >= 0.3 is 0 Å². The molecule has 1 heterocycles. The molecule has 11 heavy (non-hydrogen) atoms. The second-order valence-electron chi connectivity index (χ2n) is 2.14. The summed E-state index contributed by atoms with van der Waals surface area (Å²) in [5.74, 6) is -1.21. The number of alkyl halides is 1. The Kier molecular flexibility index (Phi) is 2.75. The number of aromatic nitrogens is 1. The first-order valence-electron chi connectivity index (χ1n) is 3.06. The summed E-state index contributed by atoms with van der Waals surface area (Å²) in [6.07, 6.45) is 1.02. The van der Waals surface area contributed by atoms with Crippen molar-refractivity contribution in [1.82, 2.24) is 4.98 Å². The molecule has 0 aliphatic carbocycles. The van der Waals surface area contributed by atoms with E-state index in [0.29, 0.717) is 5.69 Å². The first-order chi connectivity index (χ1) is 5.11. The van der Waals surface area contributed by atoms with Crippen molar-refractivity contribution in [2.45, 2.75) is 10.8 Å². The molecule has 4 heteroatoms. The van der Waals surface area contributed by atoms with Gasteiger partial charge in [-0.25, -0.2) is 8.78 Å². The van der Waals surface area contributed by atoms with E-state index >= 15 is 0 Å². The molecule has 0 fully saturated rings. The lowest BCUT2D eigenvalue weighted by atomic mass is 10.3. The Balaban J connectivity index is 3.09. The number of rotatable bonds is 1. The largest absolute Gasteiger partial charge is 0.254 e. The van der Waals surface area contributed by atoms with E-state index in [1.807, 2.05) is 22.6 Å². The van der Waals surface area contributed by atoms with Crippen molar-refractivity contribution in [3.05, 3.63) is 29.6 Å². The number of hydrogen-bond donors (Lipinski definition) is 0. The zero-order valence-corrected chi connectivity index (χ0v) is 7.97. The van der Waals surface area contributed by atoms with Crippen LogP contribution in [-0.2, 0) is 0 Å². The van der Waals surface area contributed by atoms with Gasteiger partial charge in [0.25, 0.3) is 0 Å². The molecule has 1 aromatic heterocycles. The molecule has 1 atom stereocenters. The standard InChI is InChI=1S/C7H6F2IN/c1-4(10)7-6(9)2-5(8)3-11-7/h2-4H,1H3. The number of nitrogens with zero attached hydrogens (tertiary/aromatic N) is 1. The highest BCUT2D eigenvalue weighted by Crippen LogP contribution is 2.22. The Morgan fingerprint density at radius 2 is 2.18 bits per heavy atom. The molecule has 1 unspecified atom stereocenters. The van der Waals surface area contributed by atoms with Gasteiger partial charge in [-0.05, 0) is 6.92 Å². The molecule has 0 N–H and O–H groups in total. The van der Waals surface area contributed by atoms with Crippen LogP contribution in [0.4, 0.5) is 8.78 Å². The Hall–Kier alpha value is -0.260. The van der Waals surface area contributed by atoms with E-state index < -0.39 is 11.6 Å². The molecule has 0 bridgehead atoms. The van der Waals surface area contributed by atoms with E-state index in [0.717, 1.165) is 12.3 Å². The molecule has 0 aliphatic heterocycles. The van der Waals surface area contributed by atoms with Crippen molar-refractivity contribution in [2.24, 2.45) is 0 Å². The first-order valence-corrected chi connectivity index (χ1v) is 4.31. The van der Waals surface area contributed by atoms with Crippen LogP contribution >= 0.6 is 22.6 Å². The van der Waals surface area contributed by atoms with Gasteiger partial charge in [-0.1, -0.05) is 22.6 Å². The van der Waals surface area contributed by atoms with Crippen LogP contribution in [0, 0.1) is 11.6 Å². The molecule has 0 aromatic carbocycles. The fourth-order valence-electron chi connectivity index (χ4n) is 0.718. The third-order valence-electron chi connectivity index (χ3n) is 1.21. The van der Waals surface area contributed by atoms with Crippen LogP contribution in [0.25, 0.3) is 0 Å². The van der Waals surface area contributed by atoms with E-state index in [1.54, 1.807) is 6.92 Å². The van der Waals surface area contributed by atoms with Gasteiger partial charge in [0, 0.05) is 6.07 Å². The molecular formula is C7H6F2IN. The van der Waals surface area contributed by atoms with Crippen molar-refractivity contribution < 1.29 is 8.78 Å². The minimum atomic E-state index is -0.636. The topological polar surface area (TPSA) is 12.9 Å². The highest BCUT2D eigenvalue weighted by Gasteiger charge is 2.09. The minimum Gasteiger partial charge on any atom is -0.254 e. The lowest BCUT2D eigenvalue weighted by molar-refractivity contribution is 0.560. The maximum atomic E-state index is 12.8. The minimum absolute atomic E-state index is 0.0341. The van der Waals surface area contributed by atoms with Crippen molar-refractivity contribution in [2.75, 3.05) is 0 Å². The smallest absolute Gasteiger partial charge is 0.148 e. The van der Waals surface area contributed by atoms with Gasteiger partial charge in [0.05, 0.1) is 15.8 Å². The number of pyridine rings is 1. The van der Waals surface area contributed by atoms with Crippen LogP contribution in [0.2, 0.25) is 0 Å². The molecular weight excluding hydrogens is 263 g/mol. The average Bonchev–Trinajstić information content (AvgIpc) is 1.85. The molecule has 60 valence electrons. The molecule has 1 nitrogen and oxygen atoms in total. The molecule has 0 saturated carbocycles. The fraction of sp³-hybridized carbons (Fsp3) is 0.286. The van der Waals surface area contributed by atoms with E-state index in [-0.39, 0.29) is 3.92 Å². The summed E-state index contributed by atoms with van der Waals surface area (Å²) in [4.78, 5) is 3.62. The second-order valence-corrected chi connectivity index (χ2v) is 4.01. The number of halogens is 3. The highest BCUT2D eigenvalue weighted by molar-refractivity contribution is 14.1. The summed E-state index contributed by atoms with van der Waals surface area (Å²) in [7, 11) is 0. The fourth-order valence-corrected chi connectivity index (χ4v) is 1.18. The summed E-state index contributed by atoms with van der Waals surface area (Å²) in [6, 6.07) is 0.845. The SMILES string of the molecule is CC(I)c1ncc(F)cc1F. The Morgan fingerprint density at radius 1 is 1.55 bits per heavy atom. The molecule has 0 aliphatic rings. The maximum Gasteiger partial charge on any atom is 0.148 e. The first kappa shape index (κ1) is 8.83. The summed E-state index contributed by atoms with van der Waals surface area (Å²) >= 11 is 2.02. The van der Waals surface area contributed by atoms with Crippen LogP contribution in [0.15, 0.2) is 12.3 Å². The molecule has 1 rings (SSSR count). The summed E-state index contributed by atoms with van der Waals surface area (Å²) < 4.78 is 25.1. The zero-order valence-electron chi connectivity index (χ0n) is 5.81. The van der Waals surface area contributed by atoms with Gasteiger partial charge in [-0.15, -0.1) is 0 Å². The summed E-state index contributed by atoms with van der Waals surface area (Å²) in [5, 5.41) is 0. The maximum absolute atomic E-state index is 12.8. The van der Waals surface area contributed by atoms with E-state index in [4.69, 9.17) is 0 Å². The third-order valence-corrected chi connectivity index (χ3v) is 1.80. The Bertz CT molecular complexity index is 263. The van der Waals surface area contributed by atoms with Crippen LogP contribution < -0.4 is 0 Å². The molecule has 0 radical (unpaired) electrons. The monoisotopic (exact) mass is 269 g/mol. The van der Waals surface area contributed by atoms with E-state index in [2.05, 4.69) is 4.98 Å². The van der Waals surface area contributed by atoms with E-state index in [1.165, 1.54) is 0 Å². The Morgan fingerprint density at radius 3 is 2.64 bits per heavy atom. The molecule has 1 aromatic rings.